The fourth-order valence-corrected chi connectivity index (χ4v) is 2.47. The molecule has 1 saturated heterocycles. The number of halogens is 1. The molecule has 1 fully saturated rings. The zero-order chi connectivity index (χ0) is 14.5. The summed E-state index contributed by atoms with van der Waals surface area (Å²) in [6.07, 6.45) is 3.05. The van der Waals surface area contributed by atoms with Crippen molar-refractivity contribution >= 4 is 24.2 Å². The van der Waals surface area contributed by atoms with Crippen LogP contribution >= 0.6 is 12.4 Å². The van der Waals surface area contributed by atoms with Gasteiger partial charge in [0.2, 0.25) is 0 Å². The molecule has 0 spiro atoms. The van der Waals surface area contributed by atoms with Crippen molar-refractivity contribution in [2.24, 2.45) is 5.92 Å². The van der Waals surface area contributed by atoms with E-state index in [9.17, 15) is 14.9 Å². The Balaban J connectivity index is 0.00000220. The quantitative estimate of drug-likeness (QED) is 0.663. The molecular formula is C13H20ClN3O4. The molecular weight excluding hydrogens is 298 g/mol. The van der Waals surface area contributed by atoms with Crippen LogP contribution in [-0.4, -0.2) is 42.4 Å². The summed E-state index contributed by atoms with van der Waals surface area (Å²) in [6.45, 7) is 2.35. The van der Waals surface area contributed by atoms with Gasteiger partial charge in [0.05, 0.1) is 6.07 Å². The first-order valence-corrected chi connectivity index (χ1v) is 6.80. The number of hydrogen-bond donors (Lipinski definition) is 1. The van der Waals surface area contributed by atoms with E-state index < -0.39 is 10.8 Å². The second-order valence-electron chi connectivity index (χ2n) is 5.02. The second-order valence-corrected chi connectivity index (χ2v) is 5.02. The van der Waals surface area contributed by atoms with E-state index in [1.54, 1.807) is 4.90 Å². The van der Waals surface area contributed by atoms with Gasteiger partial charge in [0, 0.05) is 13.1 Å². The third-order valence-corrected chi connectivity index (χ3v) is 3.69. The van der Waals surface area contributed by atoms with E-state index in [0.29, 0.717) is 19.0 Å². The average molecular weight is 318 g/mol. The van der Waals surface area contributed by atoms with Gasteiger partial charge in [-0.15, -0.1) is 12.4 Å². The molecule has 0 aliphatic carbocycles. The van der Waals surface area contributed by atoms with Gasteiger partial charge in [-0.1, -0.05) is 0 Å². The number of carbonyl (C=O) groups is 1. The van der Waals surface area contributed by atoms with Crippen LogP contribution in [0.25, 0.3) is 0 Å². The van der Waals surface area contributed by atoms with Crippen molar-refractivity contribution in [3.63, 3.8) is 0 Å². The topological polar surface area (TPSA) is 88.6 Å². The van der Waals surface area contributed by atoms with Crippen LogP contribution in [0.4, 0.5) is 5.88 Å². The molecule has 1 N–H and O–H groups in total. The number of rotatable bonds is 5. The largest absolute Gasteiger partial charge is 0.433 e. The highest BCUT2D eigenvalue weighted by Crippen LogP contribution is 2.23. The average Bonchev–Trinajstić information content (AvgIpc) is 2.95. The van der Waals surface area contributed by atoms with Crippen molar-refractivity contribution in [1.29, 1.82) is 0 Å². The van der Waals surface area contributed by atoms with E-state index in [0.717, 1.165) is 25.8 Å². The smallest absolute Gasteiger partial charge is 0.395 e. The fourth-order valence-electron chi connectivity index (χ4n) is 2.47. The lowest BCUT2D eigenvalue weighted by atomic mass is 9.93. The summed E-state index contributed by atoms with van der Waals surface area (Å²) in [7, 11) is 1.93. The van der Waals surface area contributed by atoms with E-state index in [4.69, 9.17) is 4.42 Å². The molecule has 7 nitrogen and oxygen atoms in total. The number of piperidine rings is 1. The molecule has 0 radical (unpaired) electrons. The molecule has 8 heteroatoms. The number of nitrogens with zero attached hydrogens (tertiary/aromatic N) is 2. The Morgan fingerprint density at radius 1 is 1.48 bits per heavy atom. The van der Waals surface area contributed by atoms with Crippen LogP contribution in [0.1, 0.15) is 29.8 Å². The molecule has 2 rings (SSSR count). The van der Waals surface area contributed by atoms with Gasteiger partial charge in [0.15, 0.2) is 5.76 Å². The zero-order valence-electron chi connectivity index (χ0n) is 11.9. The lowest BCUT2D eigenvalue weighted by Crippen LogP contribution is -2.38. The Bertz CT molecular complexity index is 484. The molecule has 1 aliphatic rings. The Hall–Kier alpha value is -1.60. The first-order chi connectivity index (χ1) is 9.61. The number of furan rings is 1. The second kappa shape index (κ2) is 7.99. The van der Waals surface area contributed by atoms with Crippen molar-refractivity contribution in [2.75, 3.05) is 26.7 Å². The van der Waals surface area contributed by atoms with Gasteiger partial charge < -0.3 is 14.6 Å². The first-order valence-electron chi connectivity index (χ1n) is 6.80. The number of hydrogen-bond acceptors (Lipinski definition) is 5. The summed E-state index contributed by atoms with van der Waals surface area (Å²) >= 11 is 0. The molecule has 118 valence electrons. The van der Waals surface area contributed by atoms with E-state index in [-0.39, 0.29) is 24.1 Å². The molecule has 2 heterocycles. The fraction of sp³-hybridized carbons (Fsp3) is 0.615. The van der Waals surface area contributed by atoms with Crippen LogP contribution in [0.15, 0.2) is 16.5 Å². The number of amides is 1. The monoisotopic (exact) mass is 317 g/mol. The van der Waals surface area contributed by atoms with Crippen LogP contribution in [0.3, 0.4) is 0 Å². The van der Waals surface area contributed by atoms with Crippen LogP contribution in [0.5, 0.6) is 0 Å². The molecule has 1 aromatic rings. The molecule has 21 heavy (non-hydrogen) atoms. The van der Waals surface area contributed by atoms with E-state index >= 15 is 0 Å². The van der Waals surface area contributed by atoms with Crippen LogP contribution < -0.4 is 5.32 Å². The Morgan fingerprint density at radius 3 is 2.67 bits per heavy atom. The highest BCUT2D eigenvalue weighted by atomic mass is 35.5. The minimum absolute atomic E-state index is 0. The van der Waals surface area contributed by atoms with E-state index in [2.05, 4.69) is 5.32 Å². The third kappa shape index (κ3) is 4.44. The van der Waals surface area contributed by atoms with Gasteiger partial charge in [0.25, 0.3) is 5.91 Å². The number of likely N-dealkylation sites (tertiary alicyclic amines) is 1. The van der Waals surface area contributed by atoms with Gasteiger partial charge in [-0.3, -0.25) is 14.9 Å². The Morgan fingerprint density at radius 2 is 2.14 bits per heavy atom. The molecule has 0 atom stereocenters. The van der Waals surface area contributed by atoms with Crippen LogP contribution in [0, 0.1) is 16.0 Å². The van der Waals surface area contributed by atoms with Gasteiger partial charge >= 0.3 is 5.88 Å². The van der Waals surface area contributed by atoms with Crippen LogP contribution in [0.2, 0.25) is 0 Å². The van der Waals surface area contributed by atoms with E-state index in [1.165, 1.54) is 12.1 Å². The number of nitro groups is 1. The molecule has 1 aliphatic heterocycles. The molecule has 0 unspecified atom stereocenters. The van der Waals surface area contributed by atoms with Gasteiger partial charge in [-0.2, -0.15) is 0 Å². The maximum Gasteiger partial charge on any atom is 0.433 e. The maximum absolute atomic E-state index is 12.2. The maximum atomic E-state index is 12.2. The van der Waals surface area contributed by atoms with Crippen molar-refractivity contribution in [1.82, 2.24) is 10.2 Å². The predicted octanol–water partition coefficient (Wildman–Crippen LogP) is 2.07. The minimum atomic E-state index is -0.638. The van der Waals surface area contributed by atoms with Crippen molar-refractivity contribution in [2.45, 2.75) is 19.3 Å². The molecule has 1 aromatic heterocycles. The minimum Gasteiger partial charge on any atom is -0.395 e. The number of carbonyl (C=O) groups excluding carboxylic acids is 1. The lowest BCUT2D eigenvalue weighted by molar-refractivity contribution is -0.402. The number of nitrogens with one attached hydrogen (secondary N) is 1. The summed E-state index contributed by atoms with van der Waals surface area (Å²) in [5.41, 5.74) is 0. The molecule has 0 saturated carbocycles. The summed E-state index contributed by atoms with van der Waals surface area (Å²) in [4.78, 5) is 23.8. The Kier molecular flexibility index (Phi) is 6.64. The summed E-state index contributed by atoms with van der Waals surface area (Å²) in [5, 5.41) is 13.7. The molecule has 1 amide bonds. The van der Waals surface area contributed by atoms with Gasteiger partial charge in [-0.25, -0.2) is 0 Å². The van der Waals surface area contributed by atoms with Crippen molar-refractivity contribution in [3.05, 3.63) is 28.0 Å². The highest BCUT2D eigenvalue weighted by molar-refractivity contribution is 5.91. The Labute approximate surface area is 129 Å². The summed E-state index contributed by atoms with van der Waals surface area (Å²) < 4.78 is 4.95. The van der Waals surface area contributed by atoms with E-state index in [1.807, 2.05) is 7.05 Å². The third-order valence-electron chi connectivity index (χ3n) is 3.69. The lowest BCUT2D eigenvalue weighted by Gasteiger charge is -2.31. The van der Waals surface area contributed by atoms with Gasteiger partial charge in [-0.05, 0) is 44.8 Å². The predicted molar refractivity (Wildman–Crippen MR) is 79.8 cm³/mol. The zero-order valence-corrected chi connectivity index (χ0v) is 12.7. The SMILES string of the molecule is CNCCC1CCN(C(=O)c2ccc([N+](=O)[O-])o2)CC1.Cl. The summed E-state index contributed by atoms with van der Waals surface area (Å²) in [6, 6.07) is 2.58. The first kappa shape index (κ1) is 17.5. The van der Waals surface area contributed by atoms with Crippen LogP contribution in [-0.2, 0) is 0 Å². The van der Waals surface area contributed by atoms with Crippen molar-refractivity contribution < 1.29 is 14.1 Å². The molecule has 0 aromatic carbocycles. The molecule has 0 bridgehead atoms. The van der Waals surface area contributed by atoms with Gasteiger partial charge in [0.1, 0.15) is 4.92 Å². The normalized spacial score (nSPS) is 15.6. The standard InChI is InChI=1S/C13H19N3O4.ClH/c1-14-7-4-10-5-8-15(9-6-10)13(17)11-2-3-12(20-11)16(18)19;/h2-3,10,14H,4-9H2,1H3;1H. The van der Waals surface area contributed by atoms with Crippen molar-refractivity contribution in [3.8, 4) is 0 Å². The summed E-state index contributed by atoms with van der Waals surface area (Å²) in [5.74, 6) is 0.0326. The highest BCUT2D eigenvalue weighted by Gasteiger charge is 2.26.